The molecule has 27 heavy (non-hydrogen) atoms. The molecule has 0 radical (unpaired) electrons. The van der Waals surface area contributed by atoms with Crippen molar-refractivity contribution in [3.63, 3.8) is 0 Å². The van der Waals surface area contributed by atoms with E-state index in [4.69, 9.17) is 9.51 Å². The number of rotatable bonds is 5. The summed E-state index contributed by atoms with van der Waals surface area (Å²) in [6.07, 6.45) is 5.80. The number of aromatic nitrogens is 2. The molecule has 3 aliphatic heterocycles. The Labute approximate surface area is 159 Å². The summed E-state index contributed by atoms with van der Waals surface area (Å²) < 4.78 is 5.54. The van der Waals surface area contributed by atoms with Gasteiger partial charge in [0.2, 0.25) is 11.8 Å². The molecule has 0 bridgehead atoms. The van der Waals surface area contributed by atoms with Gasteiger partial charge in [-0.25, -0.2) is 0 Å². The van der Waals surface area contributed by atoms with Crippen molar-refractivity contribution < 1.29 is 9.32 Å². The quantitative estimate of drug-likeness (QED) is 0.814. The minimum Gasteiger partial charge on any atom is -0.342 e. The zero-order valence-electron chi connectivity index (χ0n) is 15.6. The molecule has 4 heterocycles. The van der Waals surface area contributed by atoms with Crippen molar-refractivity contribution in [2.45, 2.75) is 56.5 Å². The van der Waals surface area contributed by atoms with Crippen LogP contribution in [0.2, 0.25) is 0 Å². The topological polar surface area (TPSA) is 62.5 Å². The van der Waals surface area contributed by atoms with Gasteiger partial charge in [-0.15, -0.1) is 0 Å². The predicted molar refractivity (Wildman–Crippen MR) is 100 cm³/mol. The third-order valence-corrected chi connectivity index (χ3v) is 6.45. The minimum atomic E-state index is 0.248. The molecule has 0 saturated carbocycles. The average Bonchev–Trinajstić information content (AvgIpc) is 3.45. The van der Waals surface area contributed by atoms with E-state index in [1.165, 1.54) is 18.4 Å². The molecule has 1 amide bonds. The van der Waals surface area contributed by atoms with Gasteiger partial charge < -0.3 is 9.42 Å². The fourth-order valence-electron chi connectivity index (χ4n) is 5.14. The fourth-order valence-corrected chi connectivity index (χ4v) is 5.14. The molecule has 3 aliphatic rings. The molecule has 0 N–H and O–H groups in total. The van der Waals surface area contributed by atoms with Gasteiger partial charge in [-0.1, -0.05) is 35.5 Å². The number of amides is 1. The van der Waals surface area contributed by atoms with E-state index in [1.807, 2.05) is 4.90 Å². The number of carbonyl (C=O) groups is 1. The molecule has 6 nitrogen and oxygen atoms in total. The summed E-state index contributed by atoms with van der Waals surface area (Å²) in [5, 5.41) is 4.33. The molecular weight excluding hydrogens is 340 g/mol. The molecule has 3 fully saturated rings. The second-order valence-electron chi connectivity index (χ2n) is 8.00. The summed E-state index contributed by atoms with van der Waals surface area (Å²) in [6.45, 7) is 2.70. The van der Waals surface area contributed by atoms with E-state index in [0.717, 1.165) is 31.8 Å². The summed E-state index contributed by atoms with van der Waals surface area (Å²) in [5.74, 6) is 2.10. The Morgan fingerprint density at radius 3 is 2.85 bits per heavy atom. The highest BCUT2D eigenvalue weighted by atomic mass is 16.5. The molecule has 1 aromatic carbocycles. The minimum absolute atomic E-state index is 0.248. The van der Waals surface area contributed by atoms with Crippen molar-refractivity contribution in [1.29, 1.82) is 0 Å². The predicted octanol–water partition coefficient (Wildman–Crippen LogP) is 2.93. The van der Waals surface area contributed by atoms with E-state index in [0.29, 0.717) is 43.3 Å². The monoisotopic (exact) mass is 366 g/mol. The molecule has 6 heteroatoms. The highest BCUT2D eigenvalue weighted by molar-refractivity contribution is 5.78. The van der Waals surface area contributed by atoms with Crippen molar-refractivity contribution in [2.75, 3.05) is 19.6 Å². The van der Waals surface area contributed by atoms with E-state index in [1.54, 1.807) is 0 Å². The second-order valence-corrected chi connectivity index (χ2v) is 8.00. The number of benzene rings is 1. The Kier molecular flexibility index (Phi) is 4.44. The van der Waals surface area contributed by atoms with Gasteiger partial charge in [-0.2, -0.15) is 4.98 Å². The van der Waals surface area contributed by atoms with Crippen LogP contribution in [0.25, 0.3) is 0 Å². The first-order valence-corrected chi connectivity index (χ1v) is 10.2. The lowest BCUT2D eigenvalue weighted by atomic mass is 9.94. The zero-order chi connectivity index (χ0) is 18.2. The third kappa shape index (κ3) is 3.16. The lowest BCUT2D eigenvalue weighted by molar-refractivity contribution is -0.127. The maximum atomic E-state index is 11.8. The van der Waals surface area contributed by atoms with Crippen LogP contribution in [-0.2, 0) is 11.2 Å². The normalized spacial score (nSPS) is 28.2. The van der Waals surface area contributed by atoms with Gasteiger partial charge in [-0.05, 0) is 37.8 Å². The summed E-state index contributed by atoms with van der Waals surface area (Å²) in [5.41, 5.74) is 1.39. The van der Waals surface area contributed by atoms with Crippen molar-refractivity contribution in [1.82, 2.24) is 19.9 Å². The van der Waals surface area contributed by atoms with Crippen molar-refractivity contribution in [2.24, 2.45) is 0 Å². The Hall–Kier alpha value is -2.21. The highest BCUT2D eigenvalue weighted by Gasteiger charge is 2.46. The van der Waals surface area contributed by atoms with Crippen LogP contribution in [0.15, 0.2) is 34.9 Å². The van der Waals surface area contributed by atoms with Crippen LogP contribution in [0.5, 0.6) is 0 Å². The van der Waals surface area contributed by atoms with Gasteiger partial charge in [0.15, 0.2) is 5.82 Å². The van der Waals surface area contributed by atoms with E-state index in [2.05, 4.69) is 40.4 Å². The Morgan fingerprint density at radius 1 is 1.15 bits per heavy atom. The number of fused-ring (bicyclic) bond motifs is 1. The van der Waals surface area contributed by atoms with Crippen LogP contribution >= 0.6 is 0 Å². The molecular formula is C21H26N4O2. The Morgan fingerprint density at radius 2 is 2.04 bits per heavy atom. The molecule has 0 aliphatic carbocycles. The maximum Gasteiger partial charge on any atom is 0.228 e. The van der Waals surface area contributed by atoms with Gasteiger partial charge in [-0.3, -0.25) is 9.69 Å². The van der Waals surface area contributed by atoms with Crippen LogP contribution in [0.3, 0.4) is 0 Å². The molecule has 2 aromatic rings. The van der Waals surface area contributed by atoms with Crippen LogP contribution in [0.4, 0.5) is 0 Å². The molecule has 1 aromatic heterocycles. The molecule has 3 saturated heterocycles. The van der Waals surface area contributed by atoms with Crippen molar-refractivity contribution in [3.05, 3.63) is 47.6 Å². The van der Waals surface area contributed by atoms with Crippen LogP contribution in [0.1, 0.15) is 61.3 Å². The summed E-state index contributed by atoms with van der Waals surface area (Å²) in [4.78, 5) is 21.0. The smallest absolute Gasteiger partial charge is 0.228 e. The third-order valence-electron chi connectivity index (χ3n) is 6.45. The first-order valence-electron chi connectivity index (χ1n) is 10.2. The maximum absolute atomic E-state index is 11.8. The van der Waals surface area contributed by atoms with E-state index < -0.39 is 0 Å². The first kappa shape index (κ1) is 16.9. The standard InChI is InChI=1S/C21H26N4O2/c26-20-9-5-11-24(20)13-10-19-22-21(23-27-19)16-14-18(15-6-2-1-3-7-15)25-12-4-8-17(16)25/h1-3,6-7,16-18H,4-5,8-14H2/t16?,17-,18?/m0/s1. The van der Waals surface area contributed by atoms with Crippen LogP contribution in [0, 0.1) is 0 Å². The largest absolute Gasteiger partial charge is 0.342 e. The molecule has 5 rings (SSSR count). The lowest BCUT2D eigenvalue weighted by Gasteiger charge is -2.24. The number of hydrogen-bond donors (Lipinski definition) is 0. The fraction of sp³-hybridized carbons (Fsp3) is 0.571. The van der Waals surface area contributed by atoms with Gasteiger partial charge in [0.25, 0.3) is 0 Å². The molecule has 0 spiro atoms. The van der Waals surface area contributed by atoms with Crippen LogP contribution < -0.4 is 0 Å². The highest BCUT2D eigenvalue weighted by Crippen LogP contribution is 2.48. The molecule has 3 atom stereocenters. The summed E-state index contributed by atoms with van der Waals surface area (Å²) in [6, 6.07) is 11.8. The van der Waals surface area contributed by atoms with E-state index in [-0.39, 0.29) is 5.91 Å². The first-order chi connectivity index (χ1) is 13.3. The van der Waals surface area contributed by atoms with Crippen molar-refractivity contribution >= 4 is 5.91 Å². The van der Waals surface area contributed by atoms with Gasteiger partial charge in [0.05, 0.1) is 0 Å². The number of carbonyl (C=O) groups excluding carboxylic acids is 1. The van der Waals surface area contributed by atoms with Crippen molar-refractivity contribution in [3.8, 4) is 0 Å². The summed E-state index contributed by atoms with van der Waals surface area (Å²) >= 11 is 0. The SMILES string of the molecule is O=C1CCCN1CCc1nc(C2CC(c3ccccc3)N3CCC[C@@H]23)no1. The van der Waals surface area contributed by atoms with Gasteiger partial charge in [0, 0.05) is 43.9 Å². The van der Waals surface area contributed by atoms with E-state index in [9.17, 15) is 4.79 Å². The number of likely N-dealkylation sites (tertiary alicyclic amines) is 1. The molecule has 2 unspecified atom stereocenters. The number of nitrogens with zero attached hydrogens (tertiary/aromatic N) is 4. The second kappa shape index (κ2) is 7.08. The van der Waals surface area contributed by atoms with Gasteiger partial charge in [0.1, 0.15) is 0 Å². The average molecular weight is 366 g/mol. The lowest BCUT2D eigenvalue weighted by Crippen LogP contribution is -2.27. The van der Waals surface area contributed by atoms with Crippen LogP contribution in [-0.4, -0.2) is 51.5 Å². The Balaban J connectivity index is 1.30. The number of hydrogen-bond acceptors (Lipinski definition) is 5. The van der Waals surface area contributed by atoms with Gasteiger partial charge >= 0.3 is 0 Å². The molecule has 142 valence electrons. The Bertz CT molecular complexity index is 806. The van der Waals surface area contributed by atoms with E-state index >= 15 is 0 Å². The summed E-state index contributed by atoms with van der Waals surface area (Å²) in [7, 11) is 0. The zero-order valence-corrected chi connectivity index (χ0v) is 15.6.